The number of carbonyl (C=O) groups is 2. The third-order valence-electron chi connectivity index (χ3n) is 3.50. The smallest absolute Gasteiger partial charge is 0.282 e. The van der Waals surface area contributed by atoms with E-state index in [0.717, 1.165) is 0 Å². The van der Waals surface area contributed by atoms with Crippen molar-refractivity contribution >= 4 is 35.2 Å². The highest BCUT2D eigenvalue weighted by Crippen LogP contribution is 2.34. The monoisotopic (exact) mass is 344 g/mol. The van der Waals surface area contributed by atoms with Gasteiger partial charge in [0, 0.05) is 6.07 Å². The molecular formula is C17H13ClN2O4. The van der Waals surface area contributed by atoms with Gasteiger partial charge in [-0.05, 0) is 29.8 Å². The highest BCUT2D eigenvalue weighted by atomic mass is 35.5. The predicted octanol–water partition coefficient (Wildman–Crippen LogP) is 2.52. The number of anilines is 1. The zero-order chi connectivity index (χ0) is 17.3. The van der Waals surface area contributed by atoms with E-state index in [2.05, 4.69) is 5.43 Å². The minimum absolute atomic E-state index is 0.0616. The zero-order valence-corrected chi connectivity index (χ0v) is 13.4. The van der Waals surface area contributed by atoms with E-state index in [1.165, 1.54) is 30.3 Å². The Morgan fingerprint density at radius 2 is 1.92 bits per heavy atom. The van der Waals surface area contributed by atoms with E-state index in [0.29, 0.717) is 11.3 Å². The molecule has 1 aliphatic heterocycles. The summed E-state index contributed by atoms with van der Waals surface area (Å²) < 4.78 is 5.02. The molecule has 0 unspecified atom stereocenters. The number of amides is 2. The van der Waals surface area contributed by atoms with Gasteiger partial charge in [-0.15, -0.1) is 0 Å². The van der Waals surface area contributed by atoms with Crippen molar-refractivity contribution in [3.05, 3.63) is 58.6 Å². The molecule has 2 amide bonds. The molecule has 2 N–H and O–H groups in total. The number of benzene rings is 2. The van der Waals surface area contributed by atoms with Gasteiger partial charge in [-0.25, -0.2) is 5.01 Å². The fourth-order valence-electron chi connectivity index (χ4n) is 2.30. The molecule has 2 aromatic rings. The summed E-state index contributed by atoms with van der Waals surface area (Å²) in [5, 5.41) is 11.0. The van der Waals surface area contributed by atoms with Crippen LogP contribution in [0.5, 0.6) is 11.5 Å². The summed E-state index contributed by atoms with van der Waals surface area (Å²) in [6.45, 7) is 0. The van der Waals surface area contributed by atoms with Gasteiger partial charge in [0.2, 0.25) is 0 Å². The molecule has 3 rings (SSSR count). The number of aromatic hydroxyl groups is 1. The second-order valence-corrected chi connectivity index (χ2v) is 5.43. The van der Waals surface area contributed by atoms with Crippen LogP contribution in [0.15, 0.2) is 48.0 Å². The largest absolute Gasteiger partial charge is 0.504 e. The van der Waals surface area contributed by atoms with E-state index in [9.17, 15) is 14.7 Å². The van der Waals surface area contributed by atoms with Crippen molar-refractivity contribution in [1.82, 2.24) is 5.43 Å². The fourth-order valence-corrected chi connectivity index (χ4v) is 2.52. The summed E-state index contributed by atoms with van der Waals surface area (Å²) in [5.41, 5.74) is 3.38. The van der Waals surface area contributed by atoms with Gasteiger partial charge in [0.1, 0.15) is 5.57 Å². The highest BCUT2D eigenvalue weighted by molar-refractivity contribution is 6.34. The Morgan fingerprint density at radius 3 is 2.58 bits per heavy atom. The summed E-state index contributed by atoms with van der Waals surface area (Å²) in [5.74, 6) is -0.962. The van der Waals surface area contributed by atoms with Gasteiger partial charge >= 0.3 is 0 Å². The molecule has 0 radical (unpaired) electrons. The number of hydrazine groups is 1. The van der Waals surface area contributed by atoms with Crippen LogP contribution in [0, 0.1) is 0 Å². The molecule has 122 valence electrons. The number of carbonyl (C=O) groups excluding carboxylic acids is 2. The van der Waals surface area contributed by atoms with Gasteiger partial charge in [0.25, 0.3) is 11.8 Å². The van der Waals surface area contributed by atoms with Crippen LogP contribution in [0.1, 0.15) is 5.56 Å². The van der Waals surface area contributed by atoms with Crippen LogP contribution < -0.4 is 15.2 Å². The quantitative estimate of drug-likeness (QED) is 0.662. The van der Waals surface area contributed by atoms with Gasteiger partial charge in [-0.3, -0.25) is 15.0 Å². The Morgan fingerprint density at radius 1 is 1.21 bits per heavy atom. The van der Waals surface area contributed by atoms with E-state index in [1.807, 2.05) is 6.07 Å². The van der Waals surface area contributed by atoms with Crippen LogP contribution in [-0.2, 0) is 9.59 Å². The first kappa shape index (κ1) is 15.9. The maximum Gasteiger partial charge on any atom is 0.282 e. The van der Waals surface area contributed by atoms with Gasteiger partial charge in [0.05, 0.1) is 17.8 Å². The summed E-state index contributed by atoms with van der Waals surface area (Å²) >= 11 is 6.07. The van der Waals surface area contributed by atoms with Crippen LogP contribution >= 0.6 is 11.6 Å². The number of para-hydroxylation sites is 1. The average Bonchev–Trinajstić information content (AvgIpc) is 2.86. The molecule has 2 aromatic carbocycles. The van der Waals surface area contributed by atoms with Gasteiger partial charge in [-0.1, -0.05) is 29.8 Å². The molecule has 0 atom stereocenters. The third kappa shape index (κ3) is 2.79. The third-order valence-corrected chi connectivity index (χ3v) is 3.83. The van der Waals surface area contributed by atoms with Crippen LogP contribution in [-0.4, -0.2) is 24.0 Å². The Bertz CT molecular complexity index is 849. The van der Waals surface area contributed by atoms with Crippen LogP contribution in [0.25, 0.3) is 6.08 Å². The number of ether oxygens (including phenoxy) is 1. The normalized spacial score (nSPS) is 15.8. The average molecular weight is 345 g/mol. The van der Waals surface area contributed by atoms with E-state index in [4.69, 9.17) is 16.3 Å². The molecule has 1 fully saturated rings. The number of phenols is 1. The first-order valence-electron chi connectivity index (χ1n) is 7.00. The molecule has 1 heterocycles. The minimum Gasteiger partial charge on any atom is -0.504 e. The molecule has 7 heteroatoms. The number of nitrogens with zero attached hydrogens (tertiary/aromatic N) is 1. The van der Waals surface area contributed by atoms with E-state index in [1.54, 1.807) is 24.3 Å². The predicted molar refractivity (Wildman–Crippen MR) is 89.7 cm³/mol. The number of methoxy groups -OCH3 is 1. The van der Waals surface area contributed by atoms with Crippen molar-refractivity contribution in [1.29, 1.82) is 0 Å². The van der Waals surface area contributed by atoms with Crippen molar-refractivity contribution < 1.29 is 19.4 Å². The first-order valence-corrected chi connectivity index (χ1v) is 7.37. The fraction of sp³-hybridized carbons (Fsp3) is 0.0588. The van der Waals surface area contributed by atoms with Crippen molar-refractivity contribution in [3.63, 3.8) is 0 Å². The molecular weight excluding hydrogens is 332 g/mol. The van der Waals surface area contributed by atoms with Gasteiger partial charge < -0.3 is 9.84 Å². The zero-order valence-electron chi connectivity index (χ0n) is 12.6. The number of phenolic OH excluding ortho intramolecular Hbond substituents is 1. The lowest BCUT2D eigenvalue weighted by molar-refractivity contribution is -0.117. The molecule has 6 nitrogen and oxygen atoms in total. The standard InChI is InChI=1S/C17H13ClN2O4/c1-24-15-8-10(13(18)9-14(15)21)7-12-16(22)19-20(17(12)23)11-5-3-2-4-6-11/h2-9,21H,1H3,(H,19,22)/b12-7+. The Labute approximate surface area is 142 Å². The number of halogens is 1. The molecule has 0 aromatic heterocycles. The minimum atomic E-state index is -0.535. The molecule has 0 aliphatic carbocycles. The van der Waals surface area contributed by atoms with Crippen molar-refractivity contribution in [3.8, 4) is 11.5 Å². The lowest BCUT2D eigenvalue weighted by Gasteiger charge is -2.13. The second-order valence-electron chi connectivity index (χ2n) is 5.02. The summed E-state index contributed by atoms with van der Waals surface area (Å²) in [6.07, 6.45) is 1.37. The van der Waals surface area contributed by atoms with Gasteiger partial charge in [0.15, 0.2) is 11.5 Å². The summed E-state index contributed by atoms with van der Waals surface area (Å²) in [7, 11) is 1.39. The molecule has 0 saturated carbocycles. The van der Waals surface area contributed by atoms with E-state index < -0.39 is 11.8 Å². The van der Waals surface area contributed by atoms with Crippen LogP contribution in [0.4, 0.5) is 5.69 Å². The number of nitrogens with one attached hydrogen (secondary N) is 1. The molecule has 1 saturated heterocycles. The highest BCUT2D eigenvalue weighted by Gasteiger charge is 2.34. The SMILES string of the molecule is COc1cc(/C=C2\C(=O)NN(c3ccccc3)C2=O)c(Cl)cc1O. The Balaban J connectivity index is 1.99. The molecule has 0 spiro atoms. The van der Waals surface area contributed by atoms with Crippen molar-refractivity contribution in [2.24, 2.45) is 0 Å². The molecule has 0 bridgehead atoms. The van der Waals surface area contributed by atoms with E-state index in [-0.39, 0.29) is 22.1 Å². The maximum absolute atomic E-state index is 12.5. The topological polar surface area (TPSA) is 78.9 Å². The first-order chi connectivity index (χ1) is 11.5. The second kappa shape index (κ2) is 6.25. The van der Waals surface area contributed by atoms with Crippen LogP contribution in [0.2, 0.25) is 5.02 Å². The summed E-state index contributed by atoms with van der Waals surface area (Å²) in [4.78, 5) is 24.6. The van der Waals surface area contributed by atoms with E-state index >= 15 is 0 Å². The Kier molecular flexibility index (Phi) is 4.14. The Hall–Kier alpha value is -2.99. The number of hydrogen-bond donors (Lipinski definition) is 2. The van der Waals surface area contributed by atoms with Crippen molar-refractivity contribution in [2.75, 3.05) is 12.1 Å². The maximum atomic E-state index is 12.5. The number of hydrogen-bond acceptors (Lipinski definition) is 4. The van der Waals surface area contributed by atoms with Crippen LogP contribution in [0.3, 0.4) is 0 Å². The summed E-state index contributed by atoms with van der Waals surface area (Å²) in [6, 6.07) is 11.5. The molecule has 24 heavy (non-hydrogen) atoms. The van der Waals surface area contributed by atoms with Crippen molar-refractivity contribution in [2.45, 2.75) is 0 Å². The van der Waals surface area contributed by atoms with Gasteiger partial charge in [-0.2, -0.15) is 0 Å². The molecule has 1 aliphatic rings. The lowest BCUT2D eigenvalue weighted by Crippen LogP contribution is -2.35. The number of rotatable bonds is 3. The lowest BCUT2D eigenvalue weighted by atomic mass is 10.1.